The van der Waals surface area contributed by atoms with Gasteiger partial charge in [0, 0.05) is 38.8 Å². The number of rotatable bonds is 6. The van der Waals surface area contributed by atoms with E-state index >= 15 is 0 Å². The molecule has 0 aromatic heterocycles. The summed E-state index contributed by atoms with van der Waals surface area (Å²) in [6.45, 7) is 8.46. The normalized spacial score (nSPS) is 29.0. The first-order valence-corrected chi connectivity index (χ1v) is 9.64. The Morgan fingerprint density at radius 1 is 1.24 bits per heavy atom. The van der Waals surface area contributed by atoms with Crippen LogP contribution in [0.5, 0.6) is 0 Å². The fraction of sp³-hybridized carbons (Fsp3) is 1.00. The highest BCUT2D eigenvalue weighted by Gasteiger charge is 2.33. The second-order valence-corrected chi connectivity index (χ2v) is 8.66. The molecule has 7 heteroatoms. The second-order valence-electron chi connectivity index (χ2n) is 6.43. The SMILES string of the molecule is CC(C)OCC(O)CN1CCN(C2CCS(=O)(=O)C2)CC1. The molecule has 2 unspecified atom stereocenters. The maximum Gasteiger partial charge on any atom is 0.151 e. The lowest BCUT2D eigenvalue weighted by Gasteiger charge is -2.38. The summed E-state index contributed by atoms with van der Waals surface area (Å²) in [5.74, 6) is 0.654. The van der Waals surface area contributed by atoms with Crippen molar-refractivity contribution in [3.05, 3.63) is 0 Å². The summed E-state index contributed by atoms with van der Waals surface area (Å²) in [4.78, 5) is 4.52. The molecule has 2 atom stereocenters. The standard InChI is InChI=1S/C14H28N2O4S/c1-12(2)20-10-14(17)9-15-4-6-16(7-5-15)13-3-8-21(18,19)11-13/h12-14,17H,3-11H2,1-2H3. The molecule has 0 aromatic rings. The zero-order valence-electron chi connectivity index (χ0n) is 13.1. The minimum Gasteiger partial charge on any atom is -0.389 e. The van der Waals surface area contributed by atoms with Crippen molar-refractivity contribution in [2.75, 3.05) is 50.8 Å². The summed E-state index contributed by atoms with van der Waals surface area (Å²) in [5.41, 5.74) is 0. The lowest BCUT2D eigenvalue weighted by Crippen LogP contribution is -2.52. The van der Waals surface area contributed by atoms with Crippen molar-refractivity contribution in [1.82, 2.24) is 9.80 Å². The quantitative estimate of drug-likeness (QED) is 0.717. The number of hydrogen-bond donors (Lipinski definition) is 1. The van der Waals surface area contributed by atoms with E-state index in [0.29, 0.717) is 24.7 Å². The molecule has 0 amide bonds. The third-order valence-corrected chi connectivity index (χ3v) is 5.97. The number of β-amino-alcohol motifs (C(OH)–C–C–N with tert-alkyl or cyclic N) is 1. The molecule has 0 radical (unpaired) electrons. The second kappa shape index (κ2) is 7.37. The van der Waals surface area contributed by atoms with E-state index in [4.69, 9.17) is 4.74 Å². The Hall–Kier alpha value is -0.210. The number of ether oxygens (including phenoxy) is 1. The first-order chi connectivity index (χ1) is 9.85. The molecule has 21 heavy (non-hydrogen) atoms. The van der Waals surface area contributed by atoms with Crippen molar-refractivity contribution >= 4 is 9.84 Å². The van der Waals surface area contributed by atoms with Crippen LogP contribution in [0, 0.1) is 0 Å². The highest BCUT2D eigenvalue weighted by Crippen LogP contribution is 2.19. The molecule has 0 saturated carbocycles. The van der Waals surface area contributed by atoms with E-state index in [0.717, 1.165) is 32.6 Å². The number of hydrogen-bond acceptors (Lipinski definition) is 6. The number of aliphatic hydroxyl groups excluding tert-OH is 1. The highest BCUT2D eigenvalue weighted by atomic mass is 32.2. The van der Waals surface area contributed by atoms with Gasteiger partial charge in [0.1, 0.15) is 0 Å². The van der Waals surface area contributed by atoms with Gasteiger partial charge in [0.05, 0.1) is 30.3 Å². The zero-order chi connectivity index (χ0) is 15.5. The zero-order valence-corrected chi connectivity index (χ0v) is 13.9. The van der Waals surface area contributed by atoms with Gasteiger partial charge in [-0.2, -0.15) is 0 Å². The lowest BCUT2D eigenvalue weighted by atomic mass is 10.2. The van der Waals surface area contributed by atoms with Crippen LogP contribution in [-0.2, 0) is 14.6 Å². The first-order valence-electron chi connectivity index (χ1n) is 7.82. The Morgan fingerprint density at radius 2 is 1.90 bits per heavy atom. The van der Waals surface area contributed by atoms with Gasteiger partial charge in [-0.15, -0.1) is 0 Å². The molecule has 0 bridgehead atoms. The molecule has 2 rings (SSSR count). The Labute approximate surface area is 128 Å². The fourth-order valence-corrected chi connectivity index (χ4v) is 4.79. The molecule has 2 heterocycles. The van der Waals surface area contributed by atoms with Crippen LogP contribution in [0.15, 0.2) is 0 Å². The summed E-state index contributed by atoms with van der Waals surface area (Å²) < 4.78 is 28.5. The van der Waals surface area contributed by atoms with E-state index < -0.39 is 15.9 Å². The summed E-state index contributed by atoms with van der Waals surface area (Å²) in [5, 5.41) is 9.94. The lowest BCUT2D eigenvalue weighted by molar-refractivity contribution is -0.0161. The largest absolute Gasteiger partial charge is 0.389 e. The molecule has 0 spiro atoms. The van der Waals surface area contributed by atoms with Crippen LogP contribution in [0.3, 0.4) is 0 Å². The fourth-order valence-electron chi connectivity index (χ4n) is 3.03. The van der Waals surface area contributed by atoms with Gasteiger partial charge in [0.25, 0.3) is 0 Å². The van der Waals surface area contributed by atoms with Crippen molar-refractivity contribution in [2.24, 2.45) is 0 Å². The number of aliphatic hydroxyl groups is 1. The molecule has 1 N–H and O–H groups in total. The summed E-state index contributed by atoms with van der Waals surface area (Å²) >= 11 is 0. The third kappa shape index (κ3) is 5.49. The highest BCUT2D eigenvalue weighted by molar-refractivity contribution is 7.91. The number of piperazine rings is 1. The Morgan fingerprint density at radius 3 is 2.43 bits per heavy atom. The number of sulfone groups is 1. The van der Waals surface area contributed by atoms with E-state index in [1.165, 1.54) is 0 Å². The molecule has 2 aliphatic rings. The molecule has 2 saturated heterocycles. The monoisotopic (exact) mass is 320 g/mol. The number of nitrogens with zero attached hydrogens (tertiary/aromatic N) is 2. The maximum atomic E-state index is 11.5. The van der Waals surface area contributed by atoms with Crippen LogP contribution < -0.4 is 0 Å². The van der Waals surface area contributed by atoms with Gasteiger partial charge in [-0.1, -0.05) is 0 Å². The molecule has 124 valence electrons. The van der Waals surface area contributed by atoms with Crippen molar-refractivity contribution in [2.45, 2.75) is 38.5 Å². The van der Waals surface area contributed by atoms with Crippen molar-refractivity contribution in [3.63, 3.8) is 0 Å². The summed E-state index contributed by atoms with van der Waals surface area (Å²) in [7, 11) is -2.80. The third-order valence-electron chi connectivity index (χ3n) is 4.22. The Bertz CT molecular complexity index is 419. The van der Waals surface area contributed by atoms with Gasteiger partial charge in [0.2, 0.25) is 0 Å². The van der Waals surface area contributed by atoms with Gasteiger partial charge < -0.3 is 9.84 Å². The van der Waals surface area contributed by atoms with Crippen molar-refractivity contribution < 1.29 is 18.3 Å². The molecule has 2 fully saturated rings. The smallest absolute Gasteiger partial charge is 0.151 e. The molecule has 0 aromatic carbocycles. The topological polar surface area (TPSA) is 70.1 Å². The molecule has 6 nitrogen and oxygen atoms in total. The van der Waals surface area contributed by atoms with E-state index in [1.807, 2.05) is 13.8 Å². The Balaban J connectivity index is 1.69. The van der Waals surface area contributed by atoms with Crippen LogP contribution in [0.1, 0.15) is 20.3 Å². The van der Waals surface area contributed by atoms with Gasteiger partial charge in [-0.3, -0.25) is 9.80 Å². The molecule has 0 aliphatic carbocycles. The predicted molar refractivity (Wildman–Crippen MR) is 82.2 cm³/mol. The first kappa shape index (κ1) is 17.1. The van der Waals surface area contributed by atoms with Gasteiger partial charge >= 0.3 is 0 Å². The average Bonchev–Trinajstić information content (AvgIpc) is 2.78. The van der Waals surface area contributed by atoms with E-state index in [1.54, 1.807) is 0 Å². The van der Waals surface area contributed by atoms with Crippen LogP contribution in [0.25, 0.3) is 0 Å². The van der Waals surface area contributed by atoms with E-state index in [-0.39, 0.29) is 12.1 Å². The Kier molecular flexibility index (Phi) is 6.02. The average molecular weight is 320 g/mol. The van der Waals surface area contributed by atoms with Crippen molar-refractivity contribution in [3.8, 4) is 0 Å². The van der Waals surface area contributed by atoms with Crippen LogP contribution in [-0.4, -0.2) is 92.4 Å². The van der Waals surface area contributed by atoms with Gasteiger partial charge in [-0.05, 0) is 20.3 Å². The van der Waals surface area contributed by atoms with Gasteiger partial charge in [0.15, 0.2) is 9.84 Å². The van der Waals surface area contributed by atoms with Crippen LogP contribution in [0.2, 0.25) is 0 Å². The van der Waals surface area contributed by atoms with E-state index in [9.17, 15) is 13.5 Å². The summed E-state index contributed by atoms with van der Waals surface area (Å²) in [6, 6.07) is 0.200. The minimum absolute atomic E-state index is 0.140. The summed E-state index contributed by atoms with van der Waals surface area (Å²) in [6.07, 6.45) is 0.458. The van der Waals surface area contributed by atoms with E-state index in [2.05, 4.69) is 9.80 Å². The van der Waals surface area contributed by atoms with Gasteiger partial charge in [-0.25, -0.2) is 8.42 Å². The van der Waals surface area contributed by atoms with Crippen LogP contribution >= 0.6 is 0 Å². The molecular weight excluding hydrogens is 292 g/mol. The van der Waals surface area contributed by atoms with Crippen molar-refractivity contribution in [1.29, 1.82) is 0 Å². The molecule has 2 aliphatic heterocycles. The van der Waals surface area contributed by atoms with Crippen LogP contribution in [0.4, 0.5) is 0 Å². The molecular formula is C14H28N2O4S. The predicted octanol–water partition coefficient (Wildman–Crippen LogP) is -0.423. The maximum absolute atomic E-state index is 11.5. The minimum atomic E-state index is -2.80.